The number of nitrogens with one attached hydrogen (secondary N) is 1. The van der Waals surface area contributed by atoms with Crippen LogP contribution in [-0.4, -0.2) is 21.6 Å². The molecule has 3 aromatic rings. The fourth-order valence-corrected chi connectivity index (χ4v) is 3.28. The molecule has 3 rings (SSSR count). The first-order chi connectivity index (χ1) is 13.6. The first kappa shape index (κ1) is 21.1. The molecule has 29 heavy (non-hydrogen) atoms. The molecule has 4 nitrogen and oxygen atoms in total. The molecule has 0 saturated heterocycles. The van der Waals surface area contributed by atoms with Gasteiger partial charge in [0.25, 0.3) is 5.56 Å². The Hall–Kier alpha value is -2.58. The highest BCUT2D eigenvalue weighted by molar-refractivity contribution is 7.80. The molecule has 1 heterocycles. The quantitative estimate of drug-likeness (QED) is 0.580. The molecule has 152 valence electrons. The van der Waals surface area contributed by atoms with Gasteiger partial charge in [-0.1, -0.05) is 29.8 Å². The van der Waals surface area contributed by atoms with Gasteiger partial charge in [-0.05, 0) is 47.9 Å². The molecule has 0 aliphatic rings. The Morgan fingerprint density at radius 3 is 2.59 bits per heavy atom. The summed E-state index contributed by atoms with van der Waals surface area (Å²) in [6.45, 7) is 0.180. The average Bonchev–Trinajstić information content (AvgIpc) is 2.66. The maximum absolute atomic E-state index is 12.9. The Labute approximate surface area is 175 Å². The van der Waals surface area contributed by atoms with E-state index < -0.39 is 11.7 Å². The number of para-hydroxylation sites is 1. The molecule has 2 aromatic carbocycles. The number of anilines is 1. The third kappa shape index (κ3) is 4.54. The van der Waals surface area contributed by atoms with Crippen LogP contribution < -0.4 is 10.9 Å². The van der Waals surface area contributed by atoms with Crippen molar-refractivity contribution in [2.24, 2.45) is 7.05 Å². The van der Waals surface area contributed by atoms with Crippen LogP contribution in [0.2, 0.25) is 5.02 Å². The van der Waals surface area contributed by atoms with Gasteiger partial charge in [-0.25, -0.2) is 0 Å². The fraction of sp³-hybridized carbons (Fsp3) is 0.200. The van der Waals surface area contributed by atoms with Crippen molar-refractivity contribution in [3.05, 3.63) is 75.0 Å². The lowest BCUT2D eigenvalue weighted by Gasteiger charge is -2.22. The second-order valence-corrected chi connectivity index (χ2v) is 7.37. The Kier molecular flexibility index (Phi) is 5.86. The summed E-state index contributed by atoms with van der Waals surface area (Å²) in [6.07, 6.45) is -4.49. The van der Waals surface area contributed by atoms with Crippen LogP contribution in [0.3, 0.4) is 0 Å². The molecule has 1 aromatic heterocycles. The molecule has 0 unspecified atom stereocenters. The summed E-state index contributed by atoms with van der Waals surface area (Å²) >= 11 is 11.3. The van der Waals surface area contributed by atoms with Gasteiger partial charge in [-0.15, -0.1) is 0 Å². The van der Waals surface area contributed by atoms with Crippen LogP contribution >= 0.6 is 23.8 Å². The largest absolute Gasteiger partial charge is 0.416 e. The van der Waals surface area contributed by atoms with Crippen molar-refractivity contribution in [2.45, 2.75) is 12.7 Å². The van der Waals surface area contributed by atoms with E-state index >= 15 is 0 Å². The number of rotatable bonds is 3. The third-order valence-corrected chi connectivity index (χ3v) is 5.24. The number of halogens is 4. The van der Waals surface area contributed by atoms with Gasteiger partial charge in [0, 0.05) is 19.7 Å². The minimum absolute atomic E-state index is 0.0461. The Morgan fingerprint density at radius 1 is 1.21 bits per heavy atom. The van der Waals surface area contributed by atoms with Crippen molar-refractivity contribution < 1.29 is 13.2 Å². The molecule has 0 spiro atoms. The molecule has 0 radical (unpaired) electrons. The maximum atomic E-state index is 12.9. The van der Waals surface area contributed by atoms with Crippen LogP contribution in [-0.2, 0) is 19.8 Å². The standard InChI is InChI=1S/C20H17ClF3N3OS/c1-26(11-13-9-12-5-3-4-6-17(12)27(2)18(13)28)19(29)25-16-10-14(20(22,23)24)7-8-15(16)21/h3-10H,11H2,1-2H3,(H,25,29). The van der Waals surface area contributed by atoms with Crippen molar-refractivity contribution in [1.82, 2.24) is 9.47 Å². The topological polar surface area (TPSA) is 37.3 Å². The number of thiocarbonyl (C=S) groups is 1. The molecule has 0 saturated carbocycles. The summed E-state index contributed by atoms with van der Waals surface area (Å²) < 4.78 is 40.4. The van der Waals surface area contributed by atoms with Gasteiger partial charge in [0.2, 0.25) is 0 Å². The molecule has 0 aliphatic heterocycles. The molecule has 0 aliphatic carbocycles. The normalized spacial score (nSPS) is 11.5. The van der Waals surface area contributed by atoms with Crippen LogP contribution in [0.4, 0.5) is 18.9 Å². The lowest BCUT2D eigenvalue weighted by atomic mass is 10.1. The molecule has 9 heteroatoms. The van der Waals surface area contributed by atoms with E-state index in [-0.39, 0.29) is 27.9 Å². The van der Waals surface area contributed by atoms with Gasteiger partial charge in [-0.3, -0.25) is 4.79 Å². The minimum Gasteiger partial charge on any atom is -0.348 e. The third-order valence-electron chi connectivity index (χ3n) is 4.50. The van der Waals surface area contributed by atoms with Gasteiger partial charge in [0.1, 0.15) is 0 Å². The second kappa shape index (κ2) is 8.04. The van der Waals surface area contributed by atoms with E-state index in [1.807, 2.05) is 24.3 Å². The van der Waals surface area contributed by atoms with Crippen molar-refractivity contribution in [2.75, 3.05) is 12.4 Å². The number of hydrogen-bond acceptors (Lipinski definition) is 2. The number of nitrogens with zero attached hydrogens (tertiary/aromatic N) is 2. The summed E-state index contributed by atoms with van der Waals surface area (Å²) in [4.78, 5) is 14.2. The van der Waals surface area contributed by atoms with Crippen molar-refractivity contribution >= 4 is 45.5 Å². The summed E-state index contributed by atoms with van der Waals surface area (Å²) in [6, 6.07) is 12.2. The van der Waals surface area contributed by atoms with Crippen molar-refractivity contribution in [1.29, 1.82) is 0 Å². The molecular formula is C20H17ClF3N3OS. The van der Waals surface area contributed by atoms with Gasteiger partial charge in [-0.2, -0.15) is 13.2 Å². The first-order valence-corrected chi connectivity index (χ1v) is 9.33. The predicted molar refractivity (Wildman–Crippen MR) is 113 cm³/mol. The van der Waals surface area contributed by atoms with Crippen LogP contribution in [0, 0.1) is 0 Å². The number of benzene rings is 2. The Morgan fingerprint density at radius 2 is 1.90 bits per heavy atom. The molecule has 0 bridgehead atoms. The van der Waals surface area contributed by atoms with E-state index in [4.69, 9.17) is 23.8 Å². The molecule has 1 N–H and O–H groups in total. The van der Waals surface area contributed by atoms with E-state index in [0.29, 0.717) is 5.56 Å². The Balaban J connectivity index is 1.83. The van der Waals surface area contributed by atoms with Crippen LogP contribution in [0.25, 0.3) is 10.9 Å². The fourth-order valence-electron chi connectivity index (χ4n) is 2.94. The number of alkyl halides is 3. The van der Waals surface area contributed by atoms with Crippen molar-refractivity contribution in [3.63, 3.8) is 0 Å². The number of aryl methyl sites for hydroxylation is 1. The highest BCUT2D eigenvalue weighted by Crippen LogP contribution is 2.33. The Bertz CT molecular complexity index is 1140. The molecular weight excluding hydrogens is 423 g/mol. The zero-order valence-electron chi connectivity index (χ0n) is 15.5. The number of aromatic nitrogens is 1. The lowest BCUT2D eigenvalue weighted by Crippen LogP contribution is -2.34. The van der Waals surface area contributed by atoms with Gasteiger partial charge >= 0.3 is 6.18 Å². The summed E-state index contributed by atoms with van der Waals surface area (Å²) in [5.41, 5.74) is 0.354. The van der Waals surface area contributed by atoms with E-state index in [1.54, 1.807) is 29.6 Å². The van der Waals surface area contributed by atoms with E-state index in [9.17, 15) is 18.0 Å². The number of fused-ring (bicyclic) bond motifs is 1. The SMILES string of the molecule is CN(Cc1cc2ccccc2n(C)c1=O)C(=S)Nc1cc(C(F)(F)F)ccc1Cl. The zero-order valence-corrected chi connectivity index (χ0v) is 17.1. The molecule has 0 atom stereocenters. The second-order valence-electron chi connectivity index (χ2n) is 6.57. The van der Waals surface area contributed by atoms with E-state index in [1.165, 1.54) is 0 Å². The van der Waals surface area contributed by atoms with Gasteiger partial charge < -0.3 is 14.8 Å². The van der Waals surface area contributed by atoms with Crippen LogP contribution in [0.15, 0.2) is 53.3 Å². The highest BCUT2D eigenvalue weighted by Gasteiger charge is 2.31. The first-order valence-electron chi connectivity index (χ1n) is 8.54. The molecule has 0 amide bonds. The minimum atomic E-state index is -4.49. The maximum Gasteiger partial charge on any atom is 0.416 e. The lowest BCUT2D eigenvalue weighted by molar-refractivity contribution is -0.137. The predicted octanol–water partition coefficient (Wildman–Crippen LogP) is 5.04. The smallest absolute Gasteiger partial charge is 0.348 e. The molecule has 0 fully saturated rings. The summed E-state index contributed by atoms with van der Waals surface area (Å²) in [5, 5.41) is 3.88. The van der Waals surface area contributed by atoms with Gasteiger partial charge in [0.15, 0.2) is 5.11 Å². The summed E-state index contributed by atoms with van der Waals surface area (Å²) in [5.74, 6) is 0. The number of pyridine rings is 1. The number of hydrogen-bond donors (Lipinski definition) is 1. The average molecular weight is 440 g/mol. The van der Waals surface area contributed by atoms with Crippen molar-refractivity contribution in [3.8, 4) is 0 Å². The zero-order chi connectivity index (χ0) is 21.3. The van der Waals surface area contributed by atoms with E-state index in [2.05, 4.69) is 5.32 Å². The summed E-state index contributed by atoms with van der Waals surface area (Å²) in [7, 11) is 3.33. The van der Waals surface area contributed by atoms with E-state index in [0.717, 1.165) is 29.1 Å². The van der Waals surface area contributed by atoms with Crippen LogP contribution in [0.1, 0.15) is 11.1 Å². The highest BCUT2D eigenvalue weighted by atomic mass is 35.5. The van der Waals surface area contributed by atoms with Gasteiger partial charge in [0.05, 0.1) is 28.3 Å². The monoisotopic (exact) mass is 439 g/mol. The van der Waals surface area contributed by atoms with Crippen LogP contribution in [0.5, 0.6) is 0 Å².